The van der Waals surface area contributed by atoms with Crippen LogP contribution in [0.25, 0.3) is 10.9 Å². The topological polar surface area (TPSA) is 130 Å². The SMILES string of the molecule is N=C(N)NCCCOc1ccc2c(C(CC(=O)OC(=O)C(F)(F)F)c3ccccc3)c[nH]c2c1. The second-order valence-electron chi connectivity index (χ2n) is 7.42. The van der Waals surface area contributed by atoms with Crippen molar-refractivity contribution in [2.45, 2.75) is 24.9 Å². The molecule has 180 valence electrons. The molecule has 0 spiro atoms. The molecule has 0 aliphatic carbocycles. The van der Waals surface area contributed by atoms with E-state index in [0.717, 1.165) is 5.39 Å². The molecule has 0 aliphatic rings. The summed E-state index contributed by atoms with van der Waals surface area (Å²) < 4.78 is 47.2. The number of halogens is 3. The fraction of sp³-hybridized carbons (Fsp3) is 0.261. The average molecular weight is 476 g/mol. The van der Waals surface area contributed by atoms with Gasteiger partial charge in [0.2, 0.25) is 0 Å². The Bertz CT molecular complexity index is 1160. The van der Waals surface area contributed by atoms with Gasteiger partial charge in [-0.15, -0.1) is 0 Å². The Hall–Kier alpha value is -4.02. The molecule has 0 bridgehead atoms. The molecule has 1 aromatic heterocycles. The first-order valence-electron chi connectivity index (χ1n) is 10.3. The maximum Gasteiger partial charge on any atom is 0.491 e. The summed E-state index contributed by atoms with van der Waals surface area (Å²) in [6, 6.07) is 14.1. The number of carbonyl (C=O) groups is 2. The van der Waals surface area contributed by atoms with Crippen LogP contribution >= 0.6 is 0 Å². The number of nitrogens with one attached hydrogen (secondary N) is 3. The van der Waals surface area contributed by atoms with E-state index in [0.29, 0.717) is 42.0 Å². The van der Waals surface area contributed by atoms with E-state index in [1.54, 1.807) is 54.7 Å². The number of alkyl halides is 3. The number of carbonyl (C=O) groups excluding carboxylic acids is 2. The molecule has 0 aliphatic heterocycles. The second kappa shape index (κ2) is 10.7. The van der Waals surface area contributed by atoms with E-state index >= 15 is 0 Å². The van der Waals surface area contributed by atoms with Crippen LogP contribution < -0.4 is 15.8 Å². The third-order valence-corrected chi connectivity index (χ3v) is 4.98. The smallest absolute Gasteiger partial charge is 0.491 e. The van der Waals surface area contributed by atoms with Gasteiger partial charge in [0.05, 0.1) is 13.0 Å². The number of ether oxygens (including phenoxy) is 2. The maximum absolute atomic E-state index is 12.5. The van der Waals surface area contributed by atoms with E-state index in [1.165, 1.54) is 0 Å². The number of benzene rings is 2. The Kier molecular flexibility index (Phi) is 7.77. The first kappa shape index (κ1) is 24.6. The van der Waals surface area contributed by atoms with Crippen LogP contribution in [0.4, 0.5) is 13.2 Å². The molecule has 34 heavy (non-hydrogen) atoms. The normalized spacial score (nSPS) is 12.2. The quantitative estimate of drug-likeness (QED) is 0.123. The Balaban J connectivity index is 1.79. The number of nitrogens with two attached hydrogens (primary N) is 1. The Labute approximate surface area is 192 Å². The van der Waals surface area contributed by atoms with Gasteiger partial charge in [-0.25, -0.2) is 4.79 Å². The van der Waals surface area contributed by atoms with Gasteiger partial charge in [-0.2, -0.15) is 13.2 Å². The van der Waals surface area contributed by atoms with Crippen molar-refractivity contribution < 1.29 is 32.2 Å². The molecule has 0 fully saturated rings. The summed E-state index contributed by atoms with van der Waals surface area (Å²) in [5, 5.41) is 10.5. The summed E-state index contributed by atoms with van der Waals surface area (Å²) in [5.41, 5.74) is 7.27. The summed E-state index contributed by atoms with van der Waals surface area (Å²) in [5.74, 6) is -3.98. The molecule has 1 atom stereocenters. The van der Waals surface area contributed by atoms with E-state index < -0.39 is 30.5 Å². The zero-order valence-corrected chi connectivity index (χ0v) is 17.9. The van der Waals surface area contributed by atoms with Crippen LogP contribution in [0.15, 0.2) is 54.7 Å². The van der Waals surface area contributed by atoms with Crippen LogP contribution in [0.1, 0.15) is 29.9 Å². The highest BCUT2D eigenvalue weighted by atomic mass is 19.4. The summed E-state index contributed by atoms with van der Waals surface area (Å²) >= 11 is 0. The molecule has 5 N–H and O–H groups in total. The summed E-state index contributed by atoms with van der Waals surface area (Å²) in [6.45, 7) is 0.890. The molecule has 3 aromatic rings. The Morgan fingerprint density at radius 1 is 1.15 bits per heavy atom. The third kappa shape index (κ3) is 6.50. The number of hydrogen-bond acceptors (Lipinski definition) is 5. The number of esters is 2. The molecule has 3 rings (SSSR count). The predicted molar refractivity (Wildman–Crippen MR) is 118 cm³/mol. The third-order valence-electron chi connectivity index (χ3n) is 4.98. The number of aromatic nitrogens is 1. The van der Waals surface area contributed by atoms with Gasteiger partial charge in [0, 0.05) is 35.6 Å². The highest BCUT2D eigenvalue weighted by Crippen LogP contribution is 2.35. The molecule has 0 radical (unpaired) electrons. The number of fused-ring (bicyclic) bond motifs is 1. The van der Waals surface area contributed by atoms with Crippen LogP contribution in [-0.4, -0.2) is 42.2 Å². The molecule has 0 saturated heterocycles. The minimum atomic E-state index is -5.25. The standard InChI is InChI=1S/C23H23F3N4O4/c24-23(25,26)21(32)34-20(31)12-17(14-5-2-1-3-6-14)18-13-30-19-11-15(7-8-16(18)19)33-10-4-9-29-22(27)28/h1-3,5-8,11,13,17,30H,4,9-10,12H2,(H4,27,28,29). The van der Waals surface area contributed by atoms with Gasteiger partial charge in [0.25, 0.3) is 0 Å². The number of hydrogen-bond donors (Lipinski definition) is 4. The molecule has 0 amide bonds. The van der Waals surface area contributed by atoms with Crippen molar-refractivity contribution >= 4 is 28.8 Å². The van der Waals surface area contributed by atoms with Crippen molar-refractivity contribution in [3.8, 4) is 5.75 Å². The first-order valence-corrected chi connectivity index (χ1v) is 10.3. The van der Waals surface area contributed by atoms with Gasteiger partial charge in [-0.1, -0.05) is 30.3 Å². The van der Waals surface area contributed by atoms with E-state index in [4.69, 9.17) is 15.9 Å². The minimum Gasteiger partial charge on any atom is -0.493 e. The number of aromatic amines is 1. The average Bonchev–Trinajstić information content (AvgIpc) is 3.20. The van der Waals surface area contributed by atoms with Crippen molar-refractivity contribution in [1.82, 2.24) is 10.3 Å². The highest BCUT2D eigenvalue weighted by molar-refractivity contribution is 5.90. The van der Waals surface area contributed by atoms with Crippen molar-refractivity contribution in [2.75, 3.05) is 13.2 Å². The summed E-state index contributed by atoms with van der Waals surface area (Å²) in [6.07, 6.45) is -3.42. The summed E-state index contributed by atoms with van der Waals surface area (Å²) in [4.78, 5) is 26.4. The lowest BCUT2D eigenvalue weighted by atomic mass is 9.88. The van der Waals surface area contributed by atoms with Crippen LogP contribution in [-0.2, 0) is 14.3 Å². The van der Waals surface area contributed by atoms with Gasteiger partial charge in [-0.05, 0) is 29.7 Å². The Morgan fingerprint density at radius 2 is 1.88 bits per heavy atom. The van der Waals surface area contributed by atoms with Gasteiger partial charge >= 0.3 is 18.1 Å². The monoisotopic (exact) mass is 476 g/mol. The molecular formula is C23H23F3N4O4. The lowest BCUT2D eigenvalue weighted by Gasteiger charge is -2.17. The molecule has 11 heteroatoms. The van der Waals surface area contributed by atoms with Crippen LogP contribution in [0.3, 0.4) is 0 Å². The lowest BCUT2D eigenvalue weighted by Crippen LogP contribution is -2.31. The zero-order valence-electron chi connectivity index (χ0n) is 17.9. The molecule has 1 unspecified atom stereocenters. The van der Waals surface area contributed by atoms with Crippen molar-refractivity contribution in [2.24, 2.45) is 5.73 Å². The van der Waals surface area contributed by atoms with Gasteiger partial charge in [0.1, 0.15) is 5.75 Å². The molecule has 2 aromatic carbocycles. The highest BCUT2D eigenvalue weighted by Gasteiger charge is 2.42. The van der Waals surface area contributed by atoms with Gasteiger partial charge in [-0.3, -0.25) is 10.2 Å². The predicted octanol–water partition coefficient (Wildman–Crippen LogP) is 3.57. The maximum atomic E-state index is 12.5. The van der Waals surface area contributed by atoms with Gasteiger partial charge in [0.15, 0.2) is 5.96 Å². The number of guanidine groups is 1. The Morgan fingerprint density at radius 3 is 2.56 bits per heavy atom. The number of H-pyrrole nitrogens is 1. The van der Waals surface area contributed by atoms with Crippen molar-refractivity contribution in [1.29, 1.82) is 5.41 Å². The van der Waals surface area contributed by atoms with Crippen molar-refractivity contribution in [3.63, 3.8) is 0 Å². The minimum absolute atomic E-state index is 0.111. The zero-order chi connectivity index (χ0) is 24.7. The van der Waals surface area contributed by atoms with E-state index in [1.807, 2.05) is 0 Å². The van der Waals surface area contributed by atoms with Crippen molar-refractivity contribution in [3.05, 3.63) is 65.9 Å². The lowest BCUT2D eigenvalue weighted by molar-refractivity contribution is -0.201. The van der Waals surface area contributed by atoms with Crippen LogP contribution in [0, 0.1) is 5.41 Å². The van der Waals surface area contributed by atoms with Crippen LogP contribution in [0.2, 0.25) is 0 Å². The van der Waals surface area contributed by atoms with E-state index in [9.17, 15) is 22.8 Å². The fourth-order valence-electron chi connectivity index (χ4n) is 3.45. The van der Waals surface area contributed by atoms with Gasteiger partial charge < -0.3 is 25.5 Å². The van der Waals surface area contributed by atoms with Crippen LogP contribution in [0.5, 0.6) is 5.75 Å². The molecule has 0 saturated carbocycles. The number of rotatable bonds is 9. The molecule has 1 heterocycles. The largest absolute Gasteiger partial charge is 0.493 e. The fourth-order valence-corrected chi connectivity index (χ4v) is 3.45. The second-order valence-corrected chi connectivity index (χ2v) is 7.42. The molecule has 8 nitrogen and oxygen atoms in total. The van der Waals surface area contributed by atoms with E-state index in [2.05, 4.69) is 15.0 Å². The first-order chi connectivity index (χ1) is 16.1. The van der Waals surface area contributed by atoms with E-state index in [-0.39, 0.29) is 5.96 Å². The summed E-state index contributed by atoms with van der Waals surface area (Å²) in [7, 11) is 0. The molecular weight excluding hydrogens is 453 g/mol.